The van der Waals surface area contributed by atoms with E-state index in [1.54, 1.807) is 18.2 Å². The van der Waals surface area contributed by atoms with Crippen LogP contribution in [0.4, 0.5) is 10.1 Å². The first kappa shape index (κ1) is 34.1. The lowest BCUT2D eigenvalue weighted by molar-refractivity contribution is -0.140. The minimum Gasteiger partial charge on any atom is -0.354 e. The summed E-state index contributed by atoms with van der Waals surface area (Å²) in [5.74, 6) is -1.70. The highest BCUT2D eigenvalue weighted by Gasteiger charge is 2.34. The van der Waals surface area contributed by atoms with Crippen LogP contribution in [0.3, 0.4) is 0 Å². The maximum absolute atomic E-state index is 14.4. The molecule has 0 unspecified atom stereocenters. The zero-order valence-corrected chi connectivity index (χ0v) is 27.9. The smallest absolute Gasteiger partial charge is 0.264 e. The molecule has 7 nitrogen and oxygen atoms in total. The predicted octanol–water partition coefficient (Wildman–Crippen LogP) is 6.99. The zero-order valence-electron chi connectivity index (χ0n) is 24.7. The molecule has 4 aromatic carbocycles. The Labute approximate surface area is 277 Å². The third-order valence-corrected chi connectivity index (χ3v) is 9.77. The maximum atomic E-state index is 14.4. The summed E-state index contributed by atoms with van der Waals surface area (Å²) in [6, 6.07) is 26.8. The second kappa shape index (κ2) is 16.0. The van der Waals surface area contributed by atoms with Crippen molar-refractivity contribution in [2.45, 2.75) is 43.7 Å². The molecule has 45 heavy (non-hydrogen) atoms. The summed E-state index contributed by atoms with van der Waals surface area (Å²) in [7, 11) is -4.32. The zero-order chi connectivity index (χ0) is 32.4. The Bertz CT molecular complexity index is 1690. The number of nitrogens with zero attached hydrogens (tertiary/aromatic N) is 2. The molecule has 11 heteroatoms. The Hall–Kier alpha value is -3.73. The standard InChI is InChI=1S/C34H34BrClFN3O4S/c1-2-3-20-38-34(42)32(21-25-10-6-4-7-11-25)39(23-26-14-16-27(35)17-15-26)33(41)24-40(28-18-19-31(37)30(36)22-28)45(43,44)29-12-8-5-9-13-29/h4-19,22,32H,2-3,20-21,23-24H2,1H3,(H,38,42)/t32-/m1/s1. The summed E-state index contributed by atoms with van der Waals surface area (Å²) in [6.07, 6.45) is 1.84. The van der Waals surface area contributed by atoms with Gasteiger partial charge in [0, 0.05) is 24.0 Å². The van der Waals surface area contributed by atoms with Crippen molar-refractivity contribution < 1.29 is 22.4 Å². The fourth-order valence-corrected chi connectivity index (χ4v) is 6.60. The van der Waals surface area contributed by atoms with Crippen LogP contribution in [0.15, 0.2) is 112 Å². The molecule has 0 saturated carbocycles. The average molecular weight is 715 g/mol. The molecule has 0 fully saturated rings. The lowest BCUT2D eigenvalue weighted by atomic mass is 10.0. The molecule has 1 atom stereocenters. The number of hydrogen-bond acceptors (Lipinski definition) is 4. The fraction of sp³-hybridized carbons (Fsp3) is 0.235. The molecule has 236 valence electrons. The maximum Gasteiger partial charge on any atom is 0.264 e. The van der Waals surface area contributed by atoms with Gasteiger partial charge in [-0.25, -0.2) is 12.8 Å². The lowest BCUT2D eigenvalue weighted by Gasteiger charge is -2.34. The molecule has 0 saturated heterocycles. The van der Waals surface area contributed by atoms with E-state index in [0.717, 1.165) is 38.8 Å². The third-order valence-electron chi connectivity index (χ3n) is 7.17. The predicted molar refractivity (Wildman–Crippen MR) is 179 cm³/mol. The van der Waals surface area contributed by atoms with Crippen molar-refractivity contribution >= 4 is 55.1 Å². The monoisotopic (exact) mass is 713 g/mol. The molecule has 4 aromatic rings. The minimum atomic E-state index is -4.32. The molecule has 0 aliphatic carbocycles. The van der Waals surface area contributed by atoms with Gasteiger partial charge in [0.15, 0.2) is 0 Å². The Morgan fingerprint density at radius 1 is 0.911 bits per heavy atom. The van der Waals surface area contributed by atoms with E-state index >= 15 is 0 Å². The van der Waals surface area contributed by atoms with Gasteiger partial charge in [0.2, 0.25) is 11.8 Å². The number of sulfonamides is 1. The first-order valence-electron chi connectivity index (χ1n) is 14.5. The van der Waals surface area contributed by atoms with E-state index in [1.165, 1.54) is 29.2 Å². The van der Waals surface area contributed by atoms with Crippen molar-refractivity contribution in [2.75, 3.05) is 17.4 Å². The summed E-state index contributed by atoms with van der Waals surface area (Å²) in [6.45, 7) is 1.82. The van der Waals surface area contributed by atoms with Crippen LogP contribution >= 0.6 is 27.5 Å². The van der Waals surface area contributed by atoms with Crippen molar-refractivity contribution in [1.82, 2.24) is 10.2 Å². The molecule has 0 aliphatic heterocycles. The first-order valence-corrected chi connectivity index (χ1v) is 17.1. The van der Waals surface area contributed by atoms with E-state index in [9.17, 15) is 22.4 Å². The summed E-state index contributed by atoms with van der Waals surface area (Å²) in [4.78, 5) is 29.5. The van der Waals surface area contributed by atoms with Gasteiger partial charge in [-0.05, 0) is 60.0 Å². The van der Waals surface area contributed by atoms with Gasteiger partial charge < -0.3 is 10.2 Å². The molecule has 0 aromatic heterocycles. The molecule has 0 heterocycles. The van der Waals surface area contributed by atoms with E-state index in [4.69, 9.17) is 11.6 Å². The van der Waals surface area contributed by atoms with Crippen molar-refractivity contribution in [3.8, 4) is 0 Å². The van der Waals surface area contributed by atoms with Gasteiger partial charge in [-0.15, -0.1) is 0 Å². The van der Waals surface area contributed by atoms with Crippen LogP contribution in [-0.2, 0) is 32.6 Å². The van der Waals surface area contributed by atoms with Gasteiger partial charge in [0.05, 0.1) is 15.6 Å². The van der Waals surface area contributed by atoms with Crippen LogP contribution in [0.25, 0.3) is 0 Å². The van der Waals surface area contributed by atoms with Crippen LogP contribution in [0.1, 0.15) is 30.9 Å². The van der Waals surface area contributed by atoms with E-state index in [0.29, 0.717) is 6.54 Å². The van der Waals surface area contributed by atoms with Crippen LogP contribution < -0.4 is 9.62 Å². The molecular formula is C34H34BrClFN3O4S. The Morgan fingerprint density at radius 2 is 1.56 bits per heavy atom. The van der Waals surface area contributed by atoms with Gasteiger partial charge in [-0.1, -0.05) is 102 Å². The van der Waals surface area contributed by atoms with E-state index in [-0.39, 0.29) is 34.5 Å². The molecular weight excluding hydrogens is 681 g/mol. The SMILES string of the molecule is CCCCNC(=O)[C@@H](Cc1ccccc1)N(Cc1ccc(Br)cc1)C(=O)CN(c1ccc(F)c(Cl)c1)S(=O)(=O)c1ccccc1. The number of amides is 2. The average Bonchev–Trinajstić information content (AvgIpc) is 3.04. The second-order valence-electron chi connectivity index (χ2n) is 10.4. The number of nitrogens with one attached hydrogen (secondary N) is 1. The highest BCUT2D eigenvalue weighted by atomic mass is 79.9. The van der Waals surface area contributed by atoms with Crippen LogP contribution in [0.2, 0.25) is 5.02 Å². The number of anilines is 1. The third kappa shape index (κ3) is 9.15. The number of rotatable bonds is 14. The summed E-state index contributed by atoms with van der Waals surface area (Å²) in [5, 5.41) is 2.66. The van der Waals surface area contributed by atoms with Crippen molar-refractivity contribution in [1.29, 1.82) is 0 Å². The van der Waals surface area contributed by atoms with Gasteiger partial charge in [-0.2, -0.15) is 0 Å². The molecule has 4 rings (SSSR count). The number of carbonyl (C=O) groups excluding carboxylic acids is 2. The Morgan fingerprint density at radius 3 is 2.18 bits per heavy atom. The summed E-state index contributed by atoms with van der Waals surface area (Å²) < 4.78 is 43.9. The molecule has 1 N–H and O–H groups in total. The van der Waals surface area contributed by atoms with Gasteiger partial charge >= 0.3 is 0 Å². The number of carbonyl (C=O) groups is 2. The van der Waals surface area contributed by atoms with E-state index < -0.39 is 34.3 Å². The number of unbranched alkanes of at least 4 members (excludes halogenated alkanes) is 1. The summed E-state index contributed by atoms with van der Waals surface area (Å²) >= 11 is 9.50. The topological polar surface area (TPSA) is 86.8 Å². The normalized spacial score (nSPS) is 11.9. The number of hydrogen-bond donors (Lipinski definition) is 1. The number of halogens is 3. The lowest BCUT2D eigenvalue weighted by Crippen LogP contribution is -2.53. The first-order chi connectivity index (χ1) is 21.6. The molecule has 0 radical (unpaired) electrons. The Balaban J connectivity index is 1.79. The van der Waals surface area contributed by atoms with E-state index in [2.05, 4.69) is 21.2 Å². The van der Waals surface area contributed by atoms with Crippen LogP contribution in [0.5, 0.6) is 0 Å². The molecule has 0 bridgehead atoms. The second-order valence-corrected chi connectivity index (χ2v) is 13.6. The highest BCUT2D eigenvalue weighted by Crippen LogP contribution is 2.28. The van der Waals surface area contributed by atoms with Crippen LogP contribution in [-0.4, -0.2) is 44.3 Å². The van der Waals surface area contributed by atoms with Gasteiger partial charge in [-0.3, -0.25) is 13.9 Å². The number of benzene rings is 4. The largest absolute Gasteiger partial charge is 0.354 e. The fourth-order valence-electron chi connectivity index (χ4n) is 4.74. The Kier molecular flexibility index (Phi) is 12.2. The highest BCUT2D eigenvalue weighted by molar-refractivity contribution is 9.10. The van der Waals surface area contributed by atoms with Crippen LogP contribution in [0, 0.1) is 5.82 Å². The van der Waals surface area contributed by atoms with Crippen molar-refractivity contribution in [3.05, 3.63) is 130 Å². The minimum absolute atomic E-state index is 0.00852. The molecule has 0 spiro atoms. The van der Waals surface area contributed by atoms with Crippen molar-refractivity contribution in [3.63, 3.8) is 0 Å². The molecule has 0 aliphatic rings. The summed E-state index contributed by atoms with van der Waals surface area (Å²) in [5.41, 5.74) is 1.59. The van der Waals surface area contributed by atoms with Gasteiger partial charge in [0.25, 0.3) is 10.0 Å². The van der Waals surface area contributed by atoms with Crippen molar-refractivity contribution in [2.24, 2.45) is 0 Å². The van der Waals surface area contributed by atoms with E-state index in [1.807, 2.05) is 61.5 Å². The quantitative estimate of drug-likeness (QED) is 0.143. The van der Waals surface area contributed by atoms with Gasteiger partial charge in [0.1, 0.15) is 18.4 Å². The molecule has 2 amide bonds.